The molecule has 1 fully saturated rings. The maximum absolute atomic E-state index is 4.58. The Balaban J connectivity index is 1.39. The monoisotopic (exact) mass is 426 g/mol. The molecule has 0 amide bonds. The average Bonchev–Trinajstić information content (AvgIpc) is 3.26. The molecule has 0 aliphatic heterocycles. The molecule has 1 heterocycles. The first-order valence-corrected chi connectivity index (χ1v) is 13.5. The number of aryl methyl sites for hydroxylation is 2. The second-order valence-electron chi connectivity index (χ2n) is 9.30. The van der Waals surface area contributed by atoms with Crippen LogP contribution in [0, 0.1) is 0 Å². The summed E-state index contributed by atoms with van der Waals surface area (Å²) in [5.74, 6) is 1.38. The molecule has 2 nitrogen and oxygen atoms in total. The van der Waals surface area contributed by atoms with Crippen LogP contribution in [0.25, 0.3) is 0 Å². The highest BCUT2D eigenvalue weighted by Gasteiger charge is 2.25. The van der Waals surface area contributed by atoms with Gasteiger partial charge < -0.3 is 0 Å². The molecule has 0 unspecified atom stereocenters. The molecular formula is C27H42N2S. The lowest BCUT2D eigenvalue weighted by Crippen LogP contribution is -2.12. The number of hydrogen-bond acceptors (Lipinski definition) is 3. The highest BCUT2D eigenvalue weighted by atomic mass is 32.1. The van der Waals surface area contributed by atoms with E-state index in [1.165, 1.54) is 105 Å². The summed E-state index contributed by atoms with van der Waals surface area (Å²) in [5, 5.41) is 11.7. The number of unbranched alkanes of at least 4 members (excludes halogenated alkanes) is 7. The van der Waals surface area contributed by atoms with Gasteiger partial charge in [0.15, 0.2) is 0 Å². The van der Waals surface area contributed by atoms with Gasteiger partial charge in [-0.25, -0.2) is 0 Å². The van der Waals surface area contributed by atoms with Crippen LogP contribution >= 0.6 is 11.3 Å². The normalized spacial score (nSPS) is 19.3. The van der Waals surface area contributed by atoms with E-state index in [1.807, 2.05) is 11.3 Å². The first-order valence-electron chi connectivity index (χ1n) is 12.7. The Kier molecular flexibility index (Phi) is 10.4. The lowest BCUT2D eigenvalue weighted by molar-refractivity contribution is 0.394. The van der Waals surface area contributed by atoms with Crippen LogP contribution in [0.1, 0.15) is 130 Å². The molecule has 3 rings (SSSR count). The highest BCUT2D eigenvalue weighted by Crippen LogP contribution is 2.41. The van der Waals surface area contributed by atoms with Crippen LogP contribution in [0.15, 0.2) is 24.3 Å². The van der Waals surface area contributed by atoms with Gasteiger partial charge in [-0.1, -0.05) is 83.1 Å². The fraction of sp³-hybridized carbons (Fsp3) is 0.704. The van der Waals surface area contributed by atoms with Crippen LogP contribution in [-0.4, -0.2) is 10.2 Å². The SMILES string of the molecule is CCCCCCCCc1nnc(C2CCC(c3ccc(CCCCC)cc3)CC2)s1. The number of benzene rings is 1. The van der Waals surface area contributed by atoms with Gasteiger partial charge in [0, 0.05) is 12.3 Å². The zero-order chi connectivity index (χ0) is 21.0. The molecule has 0 atom stereocenters. The van der Waals surface area contributed by atoms with Crippen molar-refractivity contribution in [2.45, 2.75) is 122 Å². The zero-order valence-electron chi connectivity index (χ0n) is 19.4. The van der Waals surface area contributed by atoms with E-state index in [0.29, 0.717) is 5.92 Å². The van der Waals surface area contributed by atoms with Gasteiger partial charge >= 0.3 is 0 Å². The number of nitrogens with zero attached hydrogens (tertiary/aromatic N) is 2. The average molecular weight is 427 g/mol. The number of hydrogen-bond donors (Lipinski definition) is 0. The van der Waals surface area contributed by atoms with Gasteiger partial charge in [0.05, 0.1) is 0 Å². The minimum Gasteiger partial charge on any atom is -0.144 e. The van der Waals surface area contributed by atoms with Gasteiger partial charge in [0.2, 0.25) is 0 Å². The molecule has 166 valence electrons. The van der Waals surface area contributed by atoms with Crippen molar-refractivity contribution in [2.24, 2.45) is 0 Å². The van der Waals surface area contributed by atoms with Crippen LogP contribution < -0.4 is 0 Å². The van der Waals surface area contributed by atoms with Crippen LogP contribution in [-0.2, 0) is 12.8 Å². The molecule has 1 aromatic carbocycles. The fourth-order valence-electron chi connectivity index (χ4n) is 4.80. The minimum absolute atomic E-state index is 0.644. The summed E-state index contributed by atoms with van der Waals surface area (Å²) in [4.78, 5) is 0. The summed E-state index contributed by atoms with van der Waals surface area (Å²) >= 11 is 1.89. The Morgan fingerprint density at radius 2 is 1.30 bits per heavy atom. The fourth-order valence-corrected chi connectivity index (χ4v) is 5.85. The van der Waals surface area contributed by atoms with Crippen LogP contribution in [0.5, 0.6) is 0 Å². The summed E-state index contributed by atoms with van der Waals surface area (Å²) in [6.45, 7) is 4.55. The minimum atomic E-state index is 0.644. The Labute approximate surface area is 188 Å². The molecule has 0 saturated heterocycles. The van der Waals surface area contributed by atoms with E-state index in [2.05, 4.69) is 48.3 Å². The third-order valence-electron chi connectivity index (χ3n) is 6.82. The number of aromatic nitrogens is 2. The Bertz CT molecular complexity index is 698. The van der Waals surface area contributed by atoms with E-state index in [9.17, 15) is 0 Å². The van der Waals surface area contributed by atoms with Crippen molar-refractivity contribution in [1.29, 1.82) is 0 Å². The summed E-state index contributed by atoms with van der Waals surface area (Å²) in [6, 6.07) is 9.54. The second-order valence-corrected chi connectivity index (χ2v) is 10.4. The zero-order valence-corrected chi connectivity index (χ0v) is 20.2. The van der Waals surface area contributed by atoms with Crippen LogP contribution in [0.2, 0.25) is 0 Å². The lowest BCUT2D eigenvalue weighted by Gasteiger charge is -2.27. The molecule has 0 N–H and O–H groups in total. The third kappa shape index (κ3) is 7.48. The topological polar surface area (TPSA) is 25.8 Å². The molecule has 1 saturated carbocycles. The third-order valence-corrected chi connectivity index (χ3v) is 7.97. The molecule has 1 aliphatic carbocycles. The Hall–Kier alpha value is -1.22. The van der Waals surface area contributed by atoms with E-state index in [1.54, 1.807) is 5.56 Å². The summed E-state index contributed by atoms with van der Waals surface area (Å²) in [5.41, 5.74) is 3.06. The molecule has 1 aliphatic rings. The van der Waals surface area contributed by atoms with Gasteiger partial charge in [-0.2, -0.15) is 0 Å². The van der Waals surface area contributed by atoms with Crippen molar-refractivity contribution >= 4 is 11.3 Å². The predicted molar refractivity (Wildman–Crippen MR) is 131 cm³/mol. The number of rotatable bonds is 13. The van der Waals surface area contributed by atoms with Crippen molar-refractivity contribution in [3.63, 3.8) is 0 Å². The standard InChI is InChI=1S/C27H42N2S/c1-3-5-7-8-9-11-13-26-28-29-27(30-26)25-20-18-24(19-21-25)23-16-14-22(15-17-23)12-10-6-4-2/h14-17,24-25H,3-13,18-21H2,1-2H3. The lowest BCUT2D eigenvalue weighted by atomic mass is 9.79. The maximum atomic E-state index is 4.58. The molecule has 1 aromatic heterocycles. The van der Waals surface area contributed by atoms with Gasteiger partial charge in [0.25, 0.3) is 0 Å². The summed E-state index contributed by atoms with van der Waals surface area (Å²) in [7, 11) is 0. The predicted octanol–water partition coefficient (Wildman–Crippen LogP) is 8.62. The first kappa shape index (κ1) is 23.4. The van der Waals surface area contributed by atoms with E-state index in [-0.39, 0.29) is 0 Å². The smallest absolute Gasteiger partial charge is 0.120 e. The molecule has 0 spiro atoms. The van der Waals surface area contributed by atoms with Crippen LogP contribution in [0.3, 0.4) is 0 Å². The maximum Gasteiger partial charge on any atom is 0.120 e. The van der Waals surface area contributed by atoms with Crippen molar-refractivity contribution in [2.75, 3.05) is 0 Å². The van der Waals surface area contributed by atoms with E-state index in [0.717, 1.165) is 12.3 Å². The molecule has 2 aromatic rings. The van der Waals surface area contributed by atoms with Crippen molar-refractivity contribution < 1.29 is 0 Å². The summed E-state index contributed by atoms with van der Waals surface area (Å²) in [6.07, 6.45) is 19.6. The van der Waals surface area contributed by atoms with Gasteiger partial charge in [-0.05, 0) is 62.0 Å². The van der Waals surface area contributed by atoms with Crippen molar-refractivity contribution in [3.05, 3.63) is 45.4 Å². The molecule has 0 bridgehead atoms. The van der Waals surface area contributed by atoms with Crippen molar-refractivity contribution in [3.8, 4) is 0 Å². The highest BCUT2D eigenvalue weighted by molar-refractivity contribution is 7.11. The van der Waals surface area contributed by atoms with Gasteiger partial charge in [-0.15, -0.1) is 21.5 Å². The largest absolute Gasteiger partial charge is 0.144 e. The van der Waals surface area contributed by atoms with E-state index in [4.69, 9.17) is 0 Å². The van der Waals surface area contributed by atoms with E-state index >= 15 is 0 Å². The molecule has 30 heavy (non-hydrogen) atoms. The molecule has 3 heteroatoms. The van der Waals surface area contributed by atoms with Crippen molar-refractivity contribution in [1.82, 2.24) is 10.2 Å². The second kappa shape index (κ2) is 13.2. The molecular weight excluding hydrogens is 384 g/mol. The van der Waals surface area contributed by atoms with Gasteiger partial charge in [-0.3, -0.25) is 0 Å². The Morgan fingerprint density at radius 1 is 0.700 bits per heavy atom. The quantitative estimate of drug-likeness (QED) is 0.300. The first-order chi connectivity index (χ1) is 14.8. The van der Waals surface area contributed by atoms with Crippen LogP contribution in [0.4, 0.5) is 0 Å². The Morgan fingerprint density at radius 3 is 2.03 bits per heavy atom. The molecule has 0 radical (unpaired) electrons. The van der Waals surface area contributed by atoms with Gasteiger partial charge in [0.1, 0.15) is 10.0 Å². The summed E-state index contributed by atoms with van der Waals surface area (Å²) < 4.78 is 0. The van der Waals surface area contributed by atoms with E-state index < -0.39 is 0 Å².